The van der Waals surface area contributed by atoms with Crippen molar-refractivity contribution in [2.45, 2.75) is 0 Å². The molecule has 0 saturated heterocycles. The number of hydrogen-bond donors (Lipinski definition) is 1. The number of nitrogens with zero attached hydrogens (tertiary/aromatic N) is 1. The topological polar surface area (TPSA) is 87.5 Å². The smallest absolute Gasteiger partial charge is 0.250 e. The predicted octanol–water partition coefficient (Wildman–Crippen LogP) is -0.222. The summed E-state index contributed by atoms with van der Waals surface area (Å²) in [5.74, 6) is -0.442. The Labute approximate surface area is 70.2 Å². The summed E-state index contributed by atoms with van der Waals surface area (Å²) in [6.45, 7) is 0. The third-order valence-corrected chi connectivity index (χ3v) is 0.946. The highest BCUT2D eigenvalue weighted by molar-refractivity contribution is 5.92. The minimum absolute atomic E-state index is 0. The van der Waals surface area contributed by atoms with Crippen molar-refractivity contribution in [2.75, 3.05) is 0 Å². The summed E-state index contributed by atoms with van der Waals surface area (Å²) in [5, 5.41) is 0. The number of hydrogen-bond acceptors (Lipinski definition) is 2. The van der Waals surface area contributed by atoms with Crippen LogP contribution in [0.3, 0.4) is 0 Å². The van der Waals surface area contributed by atoms with Gasteiger partial charge in [0.25, 0.3) is 0 Å². The Morgan fingerprint density at radius 3 is 2.45 bits per heavy atom. The van der Waals surface area contributed by atoms with Crippen molar-refractivity contribution in [3.8, 4) is 0 Å². The van der Waals surface area contributed by atoms with Gasteiger partial charge in [-0.1, -0.05) is 0 Å². The van der Waals surface area contributed by atoms with E-state index in [0.29, 0.717) is 5.56 Å². The molecule has 0 radical (unpaired) electrons. The van der Waals surface area contributed by atoms with E-state index in [1.807, 2.05) is 0 Å². The van der Waals surface area contributed by atoms with Crippen LogP contribution in [-0.4, -0.2) is 16.4 Å². The SMILES string of the molecule is Cl.NC(=O)c1cccnc1.O. The molecule has 0 spiro atoms. The van der Waals surface area contributed by atoms with E-state index in [0.717, 1.165) is 0 Å². The fourth-order valence-electron chi connectivity index (χ4n) is 0.509. The zero-order valence-electron chi connectivity index (χ0n) is 5.65. The summed E-state index contributed by atoms with van der Waals surface area (Å²) in [6.07, 6.45) is 3.02. The zero-order chi connectivity index (χ0) is 6.69. The number of aromatic nitrogens is 1. The Hall–Kier alpha value is -1.13. The molecule has 1 aromatic rings. The molecule has 0 aliphatic rings. The number of pyridine rings is 1. The van der Waals surface area contributed by atoms with E-state index in [1.54, 1.807) is 18.3 Å². The minimum Gasteiger partial charge on any atom is -0.412 e. The van der Waals surface area contributed by atoms with Gasteiger partial charge in [-0.25, -0.2) is 0 Å². The van der Waals surface area contributed by atoms with Gasteiger partial charge in [-0.2, -0.15) is 0 Å². The van der Waals surface area contributed by atoms with Crippen molar-refractivity contribution >= 4 is 18.3 Å². The lowest BCUT2D eigenvalue weighted by Crippen LogP contribution is -2.10. The third kappa shape index (κ3) is 3.54. The summed E-state index contributed by atoms with van der Waals surface area (Å²) < 4.78 is 0. The lowest BCUT2D eigenvalue weighted by Gasteiger charge is -1.88. The minimum atomic E-state index is -0.442. The summed E-state index contributed by atoms with van der Waals surface area (Å²) in [5.41, 5.74) is 5.38. The Morgan fingerprint density at radius 1 is 1.55 bits per heavy atom. The fourth-order valence-corrected chi connectivity index (χ4v) is 0.509. The molecule has 1 rings (SSSR count). The molecule has 0 aliphatic carbocycles. The molecular formula is C6H9ClN2O2. The molecular weight excluding hydrogens is 168 g/mol. The van der Waals surface area contributed by atoms with Gasteiger partial charge in [0.15, 0.2) is 0 Å². The molecule has 0 bridgehead atoms. The molecule has 1 amide bonds. The van der Waals surface area contributed by atoms with Crippen LogP contribution in [0.15, 0.2) is 24.5 Å². The molecule has 11 heavy (non-hydrogen) atoms. The zero-order valence-corrected chi connectivity index (χ0v) is 6.47. The molecule has 62 valence electrons. The van der Waals surface area contributed by atoms with Crippen molar-refractivity contribution in [3.05, 3.63) is 30.1 Å². The monoisotopic (exact) mass is 176 g/mol. The quantitative estimate of drug-likeness (QED) is 0.641. The van der Waals surface area contributed by atoms with E-state index < -0.39 is 5.91 Å². The fraction of sp³-hybridized carbons (Fsp3) is 0. The average Bonchev–Trinajstić information content (AvgIpc) is 1.90. The van der Waals surface area contributed by atoms with Crippen molar-refractivity contribution in [3.63, 3.8) is 0 Å². The van der Waals surface area contributed by atoms with E-state index >= 15 is 0 Å². The number of halogens is 1. The second-order valence-electron chi connectivity index (χ2n) is 1.61. The molecule has 0 fully saturated rings. The maximum absolute atomic E-state index is 10.4. The summed E-state index contributed by atoms with van der Waals surface area (Å²) in [4.78, 5) is 14.1. The number of carbonyl (C=O) groups is 1. The van der Waals surface area contributed by atoms with Crippen LogP contribution in [-0.2, 0) is 0 Å². The van der Waals surface area contributed by atoms with Gasteiger partial charge in [0.05, 0.1) is 5.56 Å². The van der Waals surface area contributed by atoms with E-state index in [1.165, 1.54) is 6.20 Å². The molecule has 1 aromatic heterocycles. The van der Waals surface area contributed by atoms with Gasteiger partial charge >= 0.3 is 0 Å². The molecule has 0 aliphatic heterocycles. The van der Waals surface area contributed by atoms with Crippen LogP contribution >= 0.6 is 12.4 Å². The van der Waals surface area contributed by atoms with Crippen molar-refractivity contribution < 1.29 is 10.3 Å². The molecule has 1 heterocycles. The van der Waals surface area contributed by atoms with E-state index in [4.69, 9.17) is 5.73 Å². The van der Waals surface area contributed by atoms with Gasteiger partial charge in [0.1, 0.15) is 0 Å². The highest BCUT2D eigenvalue weighted by atomic mass is 35.5. The molecule has 0 saturated carbocycles. The number of rotatable bonds is 1. The van der Waals surface area contributed by atoms with Crippen molar-refractivity contribution in [1.29, 1.82) is 0 Å². The first-order chi connectivity index (χ1) is 4.30. The van der Waals surface area contributed by atoms with Gasteiger partial charge in [0, 0.05) is 12.4 Å². The second kappa shape index (κ2) is 5.64. The lowest BCUT2D eigenvalue weighted by atomic mass is 10.3. The Balaban J connectivity index is 0. The molecule has 0 unspecified atom stereocenters. The predicted molar refractivity (Wildman–Crippen MR) is 43.6 cm³/mol. The van der Waals surface area contributed by atoms with Crippen molar-refractivity contribution in [1.82, 2.24) is 4.98 Å². The molecule has 0 aromatic carbocycles. The Bertz CT molecular complexity index is 215. The van der Waals surface area contributed by atoms with Gasteiger partial charge in [-0.3, -0.25) is 9.78 Å². The Kier molecular flexibility index (Phi) is 6.43. The highest BCUT2D eigenvalue weighted by Gasteiger charge is 1.94. The van der Waals surface area contributed by atoms with Gasteiger partial charge in [0.2, 0.25) is 5.91 Å². The van der Waals surface area contributed by atoms with Crippen LogP contribution in [0.2, 0.25) is 0 Å². The van der Waals surface area contributed by atoms with Crippen LogP contribution in [0, 0.1) is 0 Å². The number of amides is 1. The average molecular weight is 177 g/mol. The lowest BCUT2D eigenvalue weighted by molar-refractivity contribution is 0.1000. The van der Waals surface area contributed by atoms with Crippen molar-refractivity contribution in [2.24, 2.45) is 5.73 Å². The summed E-state index contributed by atoms with van der Waals surface area (Å²) in [7, 11) is 0. The van der Waals surface area contributed by atoms with E-state index in [-0.39, 0.29) is 17.9 Å². The normalized spacial score (nSPS) is 7.27. The van der Waals surface area contributed by atoms with Crippen LogP contribution in [0.5, 0.6) is 0 Å². The summed E-state index contributed by atoms with van der Waals surface area (Å²) >= 11 is 0. The first-order valence-corrected chi connectivity index (χ1v) is 2.50. The largest absolute Gasteiger partial charge is 0.412 e. The summed E-state index contributed by atoms with van der Waals surface area (Å²) in [6, 6.07) is 3.29. The number of primary amides is 1. The van der Waals surface area contributed by atoms with E-state index in [2.05, 4.69) is 4.98 Å². The Morgan fingerprint density at radius 2 is 2.18 bits per heavy atom. The maximum atomic E-state index is 10.4. The number of nitrogens with two attached hydrogens (primary N) is 1. The van der Waals surface area contributed by atoms with E-state index in [9.17, 15) is 4.79 Å². The third-order valence-electron chi connectivity index (χ3n) is 0.946. The molecule has 0 atom stereocenters. The highest BCUT2D eigenvalue weighted by Crippen LogP contribution is 1.91. The first kappa shape index (κ1) is 12.5. The van der Waals surface area contributed by atoms with Crippen LogP contribution in [0.4, 0.5) is 0 Å². The van der Waals surface area contributed by atoms with Crippen LogP contribution in [0.25, 0.3) is 0 Å². The van der Waals surface area contributed by atoms with Crippen LogP contribution < -0.4 is 5.73 Å². The van der Waals surface area contributed by atoms with Gasteiger partial charge < -0.3 is 11.2 Å². The second-order valence-corrected chi connectivity index (χ2v) is 1.61. The maximum Gasteiger partial charge on any atom is 0.250 e. The van der Waals surface area contributed by atoms with Gasteiger partial charge in [-0.05, 0) is 12.1 Å². The van der Waals surface area contributed by atoms with Crippen LogP contribution in [0.1, 0.15) is 10.4 Å². The first-order valence-electron chi connectivity index (χ1n) is 2.50. The van der Waals surface area contributed by atoms with Gasteiger partial charge in [-0.15, -0.1) is 12.4 Å². The number of carbonyl (C=O) groups excluding carboxylic acids is 1. The molecule has 5 heteroatoms. The molecule has 4 N–H and O–H groups in total. The molecule has 4 nitrogen and oxygen atoms in total. The standard InChI is InChI=1S/C6H6N2O.ClH.H2O/c7-6(9)5-2-1-3-8-4-5;;/h1-4H,(H2,7,9);1H;1H2.